The second-order valence-electron chi connectivity index (χ2n) is 3.87. The van der Waals surface area contributed by atoms with Crippen molar-refractivity contribution in [2.45, 2.75) is 20.4 Å². The van der Waals surface area contributed by atoms with E-state index in [0.717, 1.165) is 17.0 Å². The monoisotopic (exact) mass is 291 g/mol. The van der Waals surface area contributed by atoms with Crippen LogP contribution in [0.25, 0.3) is 0 Å². The molecule has 0 unspecified atom stereocenters. The Kier molecular flexibility index (Phi) is 6.15. The molecule has 0 aliphatic heterocycles. The molecule has 2 rings (SSSR count). The quantitative estimate of drug-likeness (QED) is 0.924. The minimum absolute atomic E-state index is 0. The van der Waals surface area contributed by atoms with Crippen LogP contribution in [0, 0.1) is 19.7 Å². The molecule has 0 saturated heterocycles. The van der Waals surface area contributed by atoms with Crippen molar-refractivity contribution >= 4 is 30.5 Å². The van der Waals surface area contributed by atoms with Crippen LogP contribution in [0.5, 0.6) is 0 Å². The third-order valence-corrected chi connectivity index (χ3v) is 2.66. The number of anilines is 1. The number of halogens is 3. The van der Waals surface area contributed by atoms with Crippen molar-refractivity contribution in [1.29, 1.82) is 0 Å². The SMILES string of the molecule is Cc1nn(Cc2cccc(F)c2)c(C)c1N.Cl.Cl. The Bertz CT molecular complexity index is 526. The lowest BCUT2D eigenvalue weighted by Crippen LogP contribution is -2.04. The van der Waals surface area contributed by atoms with E-state index >= 15 is 0 Å². The molecule has 0 aliphatic rings. The Morgan fingerprint density at radius 2 is 1.94 bits per heavy atom. The summed E-state index contributed by atoms with van der Waals surface area (Å²) in [7, 11) is 0. The zero-order chi connectivity index (χ0) is 11.7. The zero-order valence-corrected chi connectivity index (χ0v) is 11.8. The van der Waals surface area contributed by atoms with Crippen molar-refractivity contribution in [2.75, 3.05) is 5.73 Å². The van der Waals surface area contributed by atoms with Crippen molar-refractivity contribution in [3.05, 3.63) is 47.0 Å². The predicted molar refractivity (Wildman–Crippen MR) is 76.1 cm³/mol. The lowest BCUT2D eigenvalue weighted by molar-refractivity contribution is 0.616. The summed E-state index contributed by atoms with van der Waals surface area (Å²) >= 11 is 0. The van der Waals surface area contributed by atoms with Crippen LogP contribution >= 0.6 is 24.8 Å². The van der Waals surface area contributed by atoms with Gasteiger partial charge in [0.15, 0.2) is 0 Å². The molecule has 6 heteroatoms. The highest BCUT2D eigenvalue weighted by Gasteiger charge is 2.08. The van der Waals surface area contributed by atoms with Gasteiger partial charge in [0, 0.05) is 0 Å². The molecule has 0 atom stereocenters. The third-order valence-electron chi connectivity index (χ3n) is 2.66. The average Bonchev–Trinajstić information content (AvgIpc) is 2.47. The third kappa shape index (κ3) is 3.37. The van der Waals surface area contributed by atoms with Crippen molar-refractivity contribution in [2.24, 2.45) is 0 Å². The van der Waals surface area contributed by atoms with Gasteiger partial charge < -0.3 is 5.73 Å². The van der Waals surface area contributed by atoms with Gasteiger partial charge in [0.2, 0.25) is 0 Å². The smallest absolute Gasteiger partial charge is 0.123 e. The molecule has 0 fully saturated rings. The molecule has 0 aliphatic carbocycles. The molecular weight excluding hydrogens is 276 g/mol. The van der Waals surface area contributed by atoms with Gasteiger partial charge in [-0.2, -0.15) is 5.10 Å². The molecule has 100 valence electrons. The molecule has 0 spiro atoms. The van der Waals surface area contributed by atoms with Gasteiger partial charge in [0.05, 0.1) is 23.6 Å². The zero-order valence-electron chi connectivity index (χ0n) is 10.2. The lowest BCUT2D eigenvalue weighted by atomic mass is 10.2. The first-order valence-electron chi connectivity index (χ1n) is 5.12. The van der Waals surface area contributed by atoms with Crippen LogP contribution in [0.2, 0.25) is 0 Å². The van der Waals surface area contributed by atoms with Gasteiger partial charge in [0.1, 0.15) is 5.82 Å². The molecule has 2 aromatic rings. The van der Waals surface area contributed by atoms with E-state index in [0.29, 0.717) is 12.2 Å². The second-order valence-corrected chi connectivity index (χ2v) is 3.87. The van der Waals surface area contributed by atoms with E-state index in [9.17, 15) is 4.39 Å². The number of hydrogen-bond acceptors (Lipinski definition) is 2. The minimum Gasteiger partial charge on any atom is -0.396 e. The van der Waals surface area contributed by atoms with Crippen LogP contribution in [0.3, 0.4) is 0 Å². The molecular formula is C12H16Cl2FN3. The topological polar surface area (TPSA) is 43.8 Å². The normalized spacial score (nSPS) is 9.50. The molecule has 0 saturated carbocycles. The van der Waals surface area contributed by atoms with Gasteiger partial charge in [0.25, 0.3) is 0 Å². The van der Waals surface area contributed by atoms with Crippen LogP contribution in [-0.4, -0.2) is 9.78 Å². The molecule has 1 heterocycles. The maximum Gasteiger partial charge on any atom is 0.123 e. The van der Waals surface area contributed by atoms with Gasteiger partial charge in [-0.15, -0.1) is 24.8 Å². The number of nitrogen functional groups attached to an aromatic ring is 1. The molecule has 3 nitrogen and oxygen atoms in total. The molecule has 18 heavy (non-hydrogen) atoms. The predicted octanol–water partition coefficient (Wildman–Crippen LogP) is 3.11. The lowest BCUT2D eigenvalue weighted by Gasteiger charge is -2.04. The van der Waals surface area contributed by atoms with Gasteiger partial charge >= 0.3 is 0 Å². The Hall–Kier alpha value is -1.26. The summed E-state index contributed by atoms with van der Waals surface area (Å²) in [4.78, 5) is 0. The van der Waals surface area contributed by atoms with Gasteiger partial charge in [-0.25, -0.2) is 4.39 Å². The summed E-state index contributed by atoms with van der Waals surface area (Å²) in [6.07, 6.45) is 0. The van der Waals surface area contributed by atoms with E-state index in [1.807, 2.05) is 19.9 Å². The van der Waals surface area contributed by atoms with Crippen LogP contribution in [-0.2, 0) is 6.54 Å². The van der Waals surface area contributed by atoms with Crippen LogP contribution in [0.15, 0.2) is 24.3 Å². The van der Waals surface area contributed by atoms with E-state index in [-0.39, 0.29) is 30.6 Å². The fourth-order valence-electron chi connectivity index (χ4n) is 1.67. The van der Waals surface area contributed by atoms with Gasteiger partial charge in [-0.05, 0) is 31.5 Å². The van der Waals surface area contributed by atoms with E-state index in [1.165, 1.54) is 12.1 Å². The van der Waals surface area contributed by atoms with Crippen LogP contribution in [0.4, 0.5) is 10.1 Å². The Morgan fingerprint density at radius 1 is 1.28 bits per heavy atom. The van der Waals surface area contributed by atoms with E-state index < -0.39 is 0 Å². The Morgan fingerprint density at radius 3 is 2.44 bits per heavy atom. The first kappa shape index (κ1) is 16.7. The standard InChI is InChI=1S/C12H14FN3.2ClH/c1-8-12(14)9(2)16(15-8)7-10-4-3-5-11(13)6-10;;/h3-6H,7,14H2,1-2H3;2*1H. The van der Waals surface area contributed by atoms with Crippen molar-refractivity contribution in [3.63, 3.8) is 0 Å². The largest absolute Gasteiger partial charge is 0.396 e. The maximum absolute atomic E-state index is 13.0. The highest BCUT2D eigenvalue weighted by atomic mass is 35.5. The highest BCUT2D eigenvalue weighted by molar-refractivity contribution is 5.85. The van der Waals surface area contributed by atoms with Crippen molar-refractivity contribution in [1.82, 2.24) is 9.78 Å². The van der Waals surface area contributed by atoms with Crippen molar-refractivity contribution in [3.8, 4) is 0 Å². The summed E-state index contributed by atoms with van der Waals surface area (Å²) < 4.78 is 14.8. The number of nitrogens with two attached hydrogens (primary N) is 1. The number of nitrogens with zero attached hydrogens (tertiary/aromatic N) is 2. The summed E-state index contributed by atoms with van der Waals surface area (Å²) in [6.45, 7) is 4.32. The molecule has 1 aromatic carbocycles. The highest BCUT2D eigenvalue weighted by Crippen LogP contribution is 2.16. The van der Waals surface area contributed by atoms with Crippen molar-refractivity contribution < 1.29 is 4.39 Å². The summed E-state index contributed by atoms with van der Waals surface area (Å²) in [5.41, 5.74) is 9.15. The number of benzene rings is 1. The minimum atomic E-state index is -0.230. The number of aryl methyl sites for hydroxylation is 1. The molecule has 1 aromatic heterocycles. The molecule has 2 N–H and O–H groups in total. The maximum atomic E-state index is 13.0. The molecule has 0 bridgehead atoms. The van der Waals surface area contributed by atoms with Crippen LogP contribution in [0.1, 0.15) is 17.0 Å². The fourth-order valence-corrected chi connectivity index (χ4v) is 1.67. The fraction of sp³-hybridized carbons (Fsp3) is 0.250. The summed E-state index contributed by atoms with van der Waals surface area (Å²) in [5, 5.41) is 4.30. The van der Waals surface area contributed by atoms with E-state index in [2.05, 4.69) is 5.10 Å². The average molecular weight is 292 g/mol. The summed E-state index contributed by atoms with van der Waals surface area (Å²) in [5.74, 6) is -0.230. The Balaban J connectivity index is 0.00000144. The first-order chi connectivity index (χ1) is 7.58. The van der Waals surface area contributed by atoms with Gasteiger partial charge in [-0.3, -0.25) is 4.68 Å². The number of aromatic nitrogens is 2. The Labute approximate surface area is 118 Å². The summed E-state index contributed by atoms with van der Waals surface area (Å²) in [6, 6.07) is 6.50. The number of hydrogen-bond donors (Lipinski definition) is 1. The molecule has 0 radical (unpaired) electrons. The van der Waals surface area contributed by atoms with E-state index in [1.54, 1.807) is 10.7 Å². The van der Waals surface area contributed by atoms with Gasteiger partial charge in [-0.1, -0.05) is 12.1 Å². The second kappa shape index (κ2) is 6.61. The number of rotatable bonds is 2. The molecule has 0 amide bonds. The first-order valence-corrected chi connectivity index (χ1v) is 5.12. The van der Waals surface area contributed by atoms with E-state index in [4.69, 9.17) is 5.73 Å². The van der Waals surface area contributed by atoms with Crippen LogP contribution < -0.4 is 5.73 Å².